The quantitative estimate of drug-likeness (QED) is 0.807. The monoisotopic (exact) mass is 364 g/mol. The summed E-state index contributed by atoms with van der Waals surface area (Å²) in [5, 5.41) is 3.86. The number of halogens is 4. The molecule has 1 saturated heterocycles. The molecule has 1 N–H and O–H groups in total. The van der Waals surface area contributed by atoms with E-state index in [1.807, 2.05) is 12.1 Å². The minimum Gasteiger partial charge on any atom is -0.335 e. The second-order valence-corrected chi connectivity index (χ2v) is 6.75. The number of alkyl halides is 2. The summed E-state index contributed by atoms with van der Waals surface area (Å²) in [5.74, 6) is 0.280. The number of nitrogens with one attached hydrogen (secondary N) is 1. The summed E-state index contributed by atoms with van der Waals surface area (Å²) < 4.78 is 24.6. The first kappa shape index (κ1) is 18.3. The van der Waals surface area contributed by atoms with Crippen molar-refractivity contribution in [1.29, 1.82) is 0 Å². The minimum atomic E-state index is -2.41. The molecule has 0 radical (unpaired) electrons. The molecule has 2 rings (SSSR count). The van der Waals surface area contributed by atoms with Crippen LogP contribution >= 0.6 is 23.2 Å². The van der Waals surface area contributed by atoms with Crippen molar-refractivity contribution in [2.75, 3.05) is 13.1 Å². The molecule has 7 heteroatoms. The van der Waals surface area contributed by atoms with Gasteiger partial charge >= 0.3 is 6.03 Å². The van der Waals surface area contributed by atoms with Gasteiger partial charge in [-0.15, -0.1) is 0 Å². The lowest BCUT2D eigenvalue weighted by molar-refractivity contribution is 0.122. The Labute approximate surface area is 144 Å². The summed E-state index contributed by atoms with van der Waals surface area (Å²) in [5.41, 5.74) is 1.04. The number of benzene rings is 1. The minimum absolute atomic E-state index is 0.279. The number of piperidine rings is 1. The molecule has 23 heavy (non-hydrogen) atoms. The van der Waals surface area contributed by atoms with Crippen molar-refractivity contribution in [3.63, 3.8) is 0 Å². The molecule has 2 amide bonds. The van der Waals surface area contributed by atoms with Gasteiger partial charge in [0.15, 0.2) is 0 Å². The van der Waals surface area contributed by atoms with Crippen LogP contribution in [0.3, 0.4) is 0 Å². The molecular formula is C16H20Cl2F2N2O. The van der Waals surface area contributed by atoms with Gasteiger partial charge in [-0.3, -0.25) is 0 Å². The van der Waals surface area contributed by atoms with E-state index in [0.717, 1.165) is 18.4 Å². The topological polar surface area (TPSA) is 32.3 Å². The maximum Gasteiger partial charge on any atom is 0.317 e. The molecule has 0 aromatic heterocycles. The Bertz CT molecular complexity index is 549. The second-order valence-electron chi connectivity index (χ2n) is 5.90. The van der Waals surface area contributed by atoms with Crippen molar-refractivity contribution < 1.29 is 13.6 Å². The van der Waals surface area contributed by atoms with Crippen LogP contribution in [-0.4, -0.2) is 36.5 Å². The van der Waals surface area contributed by atoms with Gasteiger partial charge in [0.25, 0.3) is 0 Å². The SMILES string of the molecule is CC(CC(F)F)NC(=O)N1CCC(c2ccc(Cl)cc2Cl)CC1. The summed E-state index contributed by atoms with van der Waals surface area (Å²) in [6, 6.07) is 4.65. The maximum atomic E-state index is 12.3. The third-order valence-corrected chi connectivity index (χ3v) is 4.65. The largest absolute Gasteiger partial charge is 0.335 e. The Morgan fingerprint density at radius 1 is 1.35 bits per heavy atom. The number of amides is 2. The van der Waals surface area contributed by atoms with E-state index in [1.165, 1.54) is 0 Å². The maximum absolute atomic E-state index is 12.3. The number of hydrogen-bond donors (Lipinski definition) is 1. The van der Waals surface area contributed by atoms with Gasteiger partial charge in [0, 0.05) is 35.6 Å². The fourth-order valence-corrected chi connectivity index (χ4v) is 3.42. The summed E-state index contributed by atoms with van der Waals surface area (Å²) in [7, 11) is 0. The Hall–Kier alpha value is -1.07. The van der Waals surface area contributed by atoms with Crippen molar-refractivity contribution in [2.45, 2.75) is 44.6 Å². The Morgan fingerprint density at radius 3 is 2.57 bits per heavy atom. The van der Waals surface area contributed by atoms with Gasteiger partial charge < -0.3 is 10.2 Å². The van der Waals surface area contributed by atoms with Gasteiger partial charge in [0.05, 0.1) is 0 Å². The number of rotatable bonds is 4. The first-order valence-corrected chi connectivity index (χ1v) is 8.41. The third kappa shape index (κ3) is 5.21. The van der Waals surface area contributed by atoms with Crippen molar-refractivity contribution in [2.24, 2.45) is 0 Å². The van der Waals surface area contributed by atoms with Crippen LogP contribution in [0.5, 0.6) is 0 Å². The number of urea groups is 1. The van der Waals surface area contributed by atoms with Crippen LogP contribution in [-0.2, 0) is 0 Å². The molecule has 0 spiro atoms. The number of carbonyl (C=O) groups is 1. The lowest BCUT2D eigenvalue weighted by Gasteiger charge is -2.33. The van der Waals surface area contributed by atoms with E-state index in [4.69, 9.17) is 23.2 Å². The Kier molecular flexibility index (Phi) is 6.48. The van der Waals surface area contributed by atoms with E-state index in [-0.39, 0.29) is 18.4 Å². The Morgan fingerprint density at radius 2 is 2.00 bits per heavy atom. The van der Waals surface area contributed by atoms with Crippen LogP contribution in [0, 0.1) is 0 Å². The molecule has 1 heterocycles. The van der Waals surface area contributed by atoms with E-state index >= 15 is 0 Å². The van der Waals surface area contributed by atoms with Crippen LogP contribution in [0.4, 0.5) is 13.6 Å². The summed E-state index contributed by atoms with van der Waals surface area (Å²) in [6.45, 7) is 2.75. The third-order valence-electron chi connectivity index (χ3n) is 4.09. The smallest absolute Gasteiger partial charge is 0.317 e. The molecule has 0 saturated carbocycles. The first-order valence-electron chi connectivity index (χ1n) is 7.65. The van der Waals surface area contributed by atoms with Crippen LogP contribution in [0.2, 0.25) is 10.0 Å². The summed E-state index contributed by atoms with van der Waals surface area (Å²) in [4.78, 5) is 13.7. The number of carbonyl (C=O) groups excluding carboxylic acids is 1. The lowest BCUT2D eigenvalue weighted by Crippen LogP contribution is -2.47. The number of hydrogen-bond acceptors (Lipinski definition) is 1. The van der Waals surface area contributed by atoms with Crippen LogP contribution in [0.25, 0.3) is 0 Å². The molecule has 1 aliphatic heterocycles. The molecule has 1 aromatic rings. The molecule has 1 unspecified atom stereocenters. The normalized spacial score (nSPS) is 17.4. The van der Waals surface area contributed by atoms with E-state index in [1.54, 1.807) is 17.9 Å². The molecule has 0 bridgehead atoms. The highest BCUT2D eigenvalue weighted by atomic mass is 35.5. The van der Waals surface area contributed by atoms with Crippen LogP contribution in [0.15, 0.2) is 18.2 Å². The predicted octanol–water partition coefficient (Wildman–Crippen LogP) is 4.93. The molecule has 0 aliphatic carbocycles. The molecule has 1 atom stereocenters. The zero-order valence-corrected chi connectivity index (χ0v) is 14.4. The second kappa shape index (κ2) is 8.15. The zero-order valence-electron chi connectivity index (χ0n) is 12.9. The predicted molar refractivity (Wildman–Crippen MR) is 88.6 cm³/mol. The van der Waals surface area contributed by atoms with Gasteiger partial charge in [-0.1, -0.05) is 29.3 Å². The average Bonchev–Trinajstić information content (AvgIpc) is 2.46. The number of nitrogens with zero attached hydrogens (tertiary/aromatic N) is 1. The van der Waals surface area contributed by atoms with Gasteiger partial charge in [-0.25, -0.2) is 13.6 Å². The molecule has 1 fully saturated rings. The van der Waals surface area contributed by atoms with E-state index in [0.29, 0.717) is 23.1 Å². The molecule has 1 aliphatic rings. The van der Waals surface area contributed by atoms with Gasteiger partial charge in [0.2, 0.25) is 6.43 Å². The highest BCUT2D eigenvalue weighted by molar-refractivity contribution is 6.35. The highest BCUT2D eigenvalue weighted by Gasteiger charge is 2.26. The summed E-state index contributed by atoms with van der Waals surface area (Å²) in [6.07, 6.45) is -1.17. The van der Waals surface area contributed by atoms with Gasteiger partial charge in [-0.05, 0) is 43.4 Å². The van der Waals surface area contributed by atoms with E-state index in [9.17, 15) is 13.6 Å². The highest BCUT2D eigenvalue weighted by Crippen LogP contribution is 2.34. The lowest BCUT2D eigenvalue weighted by atomic mass is 9.89. The Balaban J connectivity index is 1.87. The van der Waals surface area contributed by atoms with Crippen LogP contribution < -0.4 is 5.32 Å². The fraction of sp³-hybridized carbons (Fsp3) is 0.562. The molecular weight excluding hydrogens is 345 g/mol. The number of likely N-dealkylation sites (tertiary alicyclic amines) is 1. The average molecular weight is 365 g/mol. The molecule has 1 aromatic carbocycles. The van der Waals surface area contributed by atoms with Crippen molar-refractivity contribution in [3.05, 3.63) is 33.8 Å². The first-order chi connectivity index (χ1) is 10.9. The zero-order chi connectivity index (χ0) is 17.0. The van der Waals surface area contributed by atoms with Crippen LogP contribution in [0.1, 0.15) is 37.7 Å². The van der Waals surface area contributed by atoms with E-state index in [2.05, 4.69) is 5.32 Å². The van der Waals surface area contributed by atoms with E-state index < -0.39 is 12.5 Å². The molecule has 128 valence electrons. The van der Waals surface area contributed by atoms with Gasteiger partial charge in [0.1, 0.15) is 0 Å². The summed E-state index contributed by atoms with van der Waals surface area (Å²) >= 11 is 12.1. The standard InChI is InChI=1S/C16H20Cl2F2N2O/c1-10(8-15(19)20)21-16(23)22-6-4-11(5-7-22)13-3-2-12(17)9-14(13)18/h2-3,9-11,15H,4-8H2,1H3,(H,21,23). The van der Waals surface area contributed by atoms with Crippen molar-refractivity contribution in [3.8, 4) is 0 Å². The van der Waals surface area contributed by atoms with Crippen molar-refractivity contribution >= 4 is 29.2 Å². The van der Waals surface area contributed by atoms with Crippen molar-refractivity contribution in [1.82, 2.24) is 10.2 Å². The fourth-order valence-electron chi connectivity index (χ4n) is 2.85. The molecule has 3 nitrogen and oxygen atoms in total. The van der Waals surface area contributed by atoms with Gasteiger partial charge in [-0.2, -0.15) is 0 Å².